The van der Waals surface area contributed by atoms with Crippen LogP contribution in [0.4, 0.5) is 13.2 Å². The number of aromatic nitrogens is 2. The topological polar surface area (TPSA) is 33.6 Å². The zero-order chi connectivity index (χ0) is 38.9. The third-order valence-corrected chi connectivity index (χ3v) is 13.9. The van der Waals surface area contributed by atoms with E-state index in [4.69, 9.17) is 0 Å². The number of thiophene rings is 2. The van der Waals surface area contributed by atoms with Crippen molar-refractivity contribution in [3.8, 4) is 28.6 Å². The van der Waals surface area contributed by atoms with E-state index >= 15 is 13.2 Å². The van der Waals surface area contributed by atoms with Gasteiger partial charge >= 0.3 is 6.18 Å². The van der Waals surface area contributed by atoms with Gasteiger partial charge in [-0.15, -0.1) is 22.7 Å². The molecule has 4 heterocycles. The molecule has 8 heteroatoms. The predicted molar refractivity (Wildman–Crippen MR) is 236 cm³/mol. The lowest BCUT2D eigenvalue weighted by Crippen LogP contribution is -2.11. The average molecular weight is 790 g/mol. The number of nitriles is 1. The molecule has 0 amide bonds. The fourth-order valence-electron chi connectivity index (χ4n) is 9.13. The van der Waals surface area contributed by atoms with Gasteiger partial charge in [-0.3, -0.25) is 0 Å². The van der Waals surface area contributed by atoms with Crippen LogP contribution in [-0.4, -0.2) is 9.13 Å². The van der Waals surface area contributed by atoms with Crippen molar-refractivity contribution in [3.63, 3.8) is 0 Å². The van der Waals surface area contributed by atoms with E-state index in [0.717, 1.165) is 84.0 Å². The Kier molecular flexibility index (Phi) is 6.90. The molecule has 12 rings (SSSR count). The van der Waals surface area contributed by atoms with Gasteiger partial charge in [0.15, 0.2) is 0 Å². The van der Waals surface area contributed by atoms with E-state index in [0.29, 0.717) is 28.1 Å². The molecular weight excluding hydrogens is 764 g/mol. The molecule has 0 saturated heterocycles. The van der Waals surface area contributed by atoms with Crippen molar-refractivity contribution < 1.29 is 13.2 Å². The molecule has 0 atom stereocenters. The van der Waals surface area contributed by atoms with E-state index in [9.17, 15) is 5.26 Å². The van der Waals surface area contributed by atoms with Gasteiger partial charge in [0.25, 0.3) is 0 Å². The second kappa shape index (κ2) is 12.0. The summed E-state index contributed by atoms with van der Waals surface area (Å²) in [5, 5.41) is 18.3. The van der Waals surface area contributed by atoms with E-state index in [2.05, 4.69) is 54.6 Å². The molecule has 0 aliphatic heterocycles. The Morgan fingerprint density at radius 1 is 0.466 bits per heavy atom. The van der Waals surface area contributed by atoms with Gasteiger partial charge in [-0.2, -0.15) is 18.4 Å². The monoisotopic (exact) mass is 789 g/mol. The maximum Gasteiger partial charge on any atom is 0.416 e. The highest BCUT2D eigenvalue weighted by Gasteiger charge is 2.35. The molecule has 12 aromatic rings. The molecule has 58 heavy (non-hydrogen) atoms. The Morgan fingerprint density at radius 3 is 1.43 bits per heavy atom. The number of nitrogens with zero attached hydrogens (tertiary/aromatic N) is 3. The maximum absolute atomic E-state index is 15.7. The molecule has 0 aliphatic carbocycles. The minimum absolute atomic E-state index is 0.380. The predicted octanol–water partition coefficient (Wildman–Crippen LogP) is 15.2. The molecule has 0 fully saturated rings. The molecule has 274 valence electrons. The highest BCUT2D eigenvalue weighted by Crippen LogP contribution is 2.49. The van der Waals surface area contributed by atoms with Crippen molar-refractivity contribution >= 4 is 107 Å². The van der Waals surface area contributed by atoms with Crippen LogP contribution in [0.1, 0.15) is 11.1 Å². The molecule has 0 aliphatic rings. The zero-order valence-electron chi connectivity index (χ0n) is 30.3. The Bertz CT molecular complexity index is 3550. The molecule has 3 nitrogen and oxygen atoms in total. The minimum atomic E-state index is -4.69. The van der Waals surface area contributed by atoms with Gasteiger partial charge in [0.05, 0.1) is 60.0 Å². The summed E-state index contributed by atoms with van der Waals surface area (Å²) in [7, 11) is 0. The van der Waals surface area contributed by atoms with Crippen LogP contribution < -0.4 is 0 Å². The highest BCUT2D eigenvalue weighted by molar-refractivity contribution is 7.27. The maximum atomic E-state index is 15.7. The zero-order valence-corrected chi connectivity index (χ0v) is 31.9. The van der Waals surface area contributed by atoms with E-state index < -0.39 is 11.7 Å². The van der Waals surface area contributed by atoms with Crippen molar-refractivity contribution in [3.05, 3.63) is 169 Å². The van der Waals surface area contributed by atoms with Gasteiger partial charge in [0, 0.05) is 58.1 Å². The summed E-state index contributed by atoms with van der Waals surface area (Å²) in [6.45, 7) is 0. The van der Waals surface area contributed by atoms with Gasteiger partial charge in [-0.1, -0.05) is 109 Å². The first-order chi connectivity index (χ1) is 28.4. The average Bonchev–Trinajstić information content (AvgIpc) is 4.00. The smallest absolute Gasteiger partial charge is 0.307 e. The summed E-state index contributed by atoms with van der Waals surface area (Å²) in [5.74, 6) is 0. The van der Waals surface area contributed by atoms with Crippen LogP contribution in [0.15, 0.2) is 158 Å². The Labute approximate surface area is 336 Å². The number of benzene rings is 8. The lowest BCUT2D eigenvalue weighted by Gasteiger charge is -2.23. The number of para-hydroxylation sites is 2. The first kappa shape index (κ1) is 33.2. The molecule has 8 aromatic carbocycles. The Morgan fingerprint density at radius 2 is 0.931 bits per heavy atom. The summed E-state index contributed by atoms with van der Waals surface area (Å²) in [5.41, 5.74) is 4.91. The molecule has 0 spiro atoms. The lowest BCUT2D eigenvalue weighted by molar-refractivity contribution is -0.137. The molecule has 0 N–H and O–H groups in total. The Hall–Kier alpha value is -6.92. The summed E-state index contributed by atoms with van der Waals surface area (Å²) in [6, 6.07) is 53.0. The number of fused-ring (bicyclic) bond motifs is 14. The van der Waals surface area contributed by atoms with Crippen molar-refractivity contribution in [1.82, 2.24) is 9.13 Å². The number of alkyl halides is 3. The normalized spacial score (nSPS) is 12.4. The van der Waals surface area contributed by atoms with Crippen LogP contribution in [-0.2, 0) is 6.18 Å². The van der Waals surface area contributed by atoms with Crippen LogP contribution in [0.2, 0.25) is 0 Å². The van der Waals surface area contributed by atoms with Gasteiger partial charge < -0.3 is 9.13 Å². The van der Waals surface area contributed by atoms with E-state index in [1.54, 1.807) is 34.8 Å². The fraction of sp³-hybridized carbons (Fsp3) is 0.0200. The molecule has 4 aromatic heterocycles. The summed E-state index contributed by atoms with van der Waals surface area (Å²) >= 11 is 3.30. The van der Waals surface area contributed by atoms with Gasteiger partial charge in [0.1, 0.15) is 0 Å². The standard InChI is InChI=1S/C50H26F3N3S2/c51-50(52,53)30-25-41(55-39-16-5-1-12-31(39)35-20-22-37-33-14-3-7-18-43(33)57-48(37)46(35)55)45(29-11-9-10-28(24-29)27-54)42(26-30)56-40-17-6-2-13-32(40)36-21-23-38-34-15-4-8-19-44(34)58-49(38)47(36)56/h1-26H. The third kappa shape index (κ3) is 4.60. The first-order valence-electron chi connectivity index (χ1n) is 18.8. The largest absolute Gasteiger partial charge is 0.416 e. The molecular formula is C50H26F3N3S2. The fourth-order valence-corrected chi connectivity index (χ4v) is 11.6. The molecule has 0 unspecified atom stereocenters. The second-order valence-corrected chi connectivity index (χ2v) is 16.8. The Balaban J connectivity index is 1.34. The molecule has 0 bridgehead atoms. The van der Waals surface area contributed by atoms with E-state index in [1.165, 1.54) is 12.1 Å². The minimum Gasteiger partial charge on any atom is -0.307 e. The lowest BCUT2D eigenvalue weighted by atomic mass is 9.96. The van der Waals surface area contributed by atoms with Crippen LogP contribution in [0.5, 0.6) is 0 Å². The van der Waals surface area contributed by atoms with Crippen LogP contribution in [0.3, 0.4) is 0 Å². The van der Waals surface area contributed by atoms with E-state index in [1.807, 2.05) is 94.1 Å². The summed E-state index contributed by atoms with van der Waals surface area (Å²) in [4.78, 5) is 0. The van der Waals surface area contributed by atoms with Gasteiger partial charge in [-0.25, -0.2) is 0 Å². The first-order valence-corrected chi connectivity index (χ1v) is 20.4. The van der Waals surface area contributed by atoms with Gasteiger partial charge in [0.2, 0.25) is 0 Å². The quantitative estimate of drug-likeness (QED) is 0.175. The molecule has 0 saturated carbocycles. The van der Waals surface area contributed by atoms with Crippen LogP contribution in [0, 0.1) is 11.3 Å². The summed E-state index contributed by atoms with van der Waals surface area (Å²) < 4.78 is 55.3. The number of halogens is 3. The van der Waals surface area contributed by atoms with Crippen molar-refractivity contribution in [2.45, 2.75) is 6.18 Å². The van der Waals surface area contributed by atoms with E-state index in [-0.39, 0.29) is 0 Å². The number of hydrogen-bond donors (Lipinski definition) is 0. The molecule has 0 radical (unpaired) electrons. The number of rotatable bonds is 3. The van der Waals surface area contributed by atoms with Gasteiger partial charge in [-0.05, 0) is 54.1 Å². The SMILES string of the molecule is N#Cc1cccc(-c2c(-n3c4ccccc4c4ccc5c6ccccc6sc5c43)cc(C(F)(F)F)cc2-n2c3ccccc3c3ccc4c5ccccc5sc4c32)c1. The third-order valence-electron chi connectivity index (χ3n) is 11.5. The van der Waals surface area contributed by atoms with Crippen LogP contribution >= 0.6 is 22.7 Å². The summed E-state index contributed by atoms with van der Waals surface area (Å²) in [6.07, 6.45) is -4.69. The van der Waals surface area contributed by atoms with Crippen molar-refractivity contribution in [2.24, 2.45) is 0 Å². The second-order valence-electron chi connectivity index (χ2n) is 14.7. The highest BCUT2D eigenvalue weighted by atomic mass is 32.1. The number of hydrogen-bond acceptors (Lipinski definition) is 3. The van der Waals surface area contributed by atoms with Crippen molar-refractivity contribution in [1.29, 1.82) is 5.26 Å². The van der Waals surface area contributed by atoms with Crippen LogP contribution in [0.25, 0.3) is 106 Å². The van der Waals surface area contributed by atoms with Crippen molar-refractivity contribution in [2.75, 3.05) is 0 Å².